The Morgan fingerprint density at radius 3 is 2.18 bits per heavy atom. The second-order valence-corrected chi connectivity index (χ2v) is 10.7. The van der Waals surface area contributed by atoms with Gasteiger partial charge in [0.1, 0.15) is 11.3 Å². The van der Waals surface area contributed by atoms with Gasteiger partial charge in [-0.2, -0.15) is 13.2 Å². The van der Waals surface area contributed by atoms with Crippen molar-refractivity contribution in [2.45, 2.75) is 70.4 Å². The van der Waals surface area contributed by atoms with E-state index in [0.717, 1.165) is 30.9 Å². The predicted octanol–water partition coefficient (Wildman–Crippen LogP) is 6.28. The minimum atomic E-state index is -4.65. The van der Waals surface area contributed by atoms with E-state index in [1.54, 1.807) is 0 Å². The fourth-order valence-electron chi connectivity index (χ4n) is 5.26. The van der Waals surface area contributed by atoms with Crippen LogP contribution < -0.4 is 10.2 Å². The minimum absolute atomic E-state index is 0.0233. The number of rotatable bonds is 7. The molecule has 1 aliphatic carbocycles. The van der Waals surface area contributed by atoms with E-state index in [9.17, 15) is 22.9 Å². The van der Waals surface area contributed by atoms with E-state index < -0.39 is 23.0 Å². The number of benzene rings is 2. The molecular weight excluding hydrogens is 497 g/mol. The number of alkyl halides is 3. The quantitative estimate of drug-likeness (QED) is 0.425. The van der Waals surface area contributed by atoms with Gasteiger partial charge < -0.3 is 19.9 Å². The summed E-state index contributed by atoms with van der Waals surface area (Å²) in [4.78, 5) is 28.2. The molecule has 7 nitrogen and oxygen atoms in total. The third-order valence-electron chi connectivity index (χ3n) is 7.39. The summed E-state index contributed by atoms with van der Waals surface area (Å²) in [6.07, 6.45) is -1.99. The Morgan fingerprint density at radius 1 is 0.974 bits per heavy atom. The van der Waals surface area contributed by atoms with E-state index in [0.29, 0.717) is 44.5 Å². The van der Waals surface area contributed by atoms with Crippen LogP contribution in [-0.4, -0.2) is 54.7 Å². The number of nitroso groups, excluding NO2 is 1. The van der Waals surface area contributed by atoms with Crippen LogP contribution >= 0.6 is 0 Å². The number of carbonyl (C=O) groups excluding carboxylic acids is 1. The molecular formula is C28H35F3N4O3. The Balaban J connectivity index is 1.26. The molecule has 1 saturated heterocycles. The second kappa shape index (κ2) is 11.3. The molecule has 0 bridgehead atoms. The van der Waals surface area contributed by atoms with Gasteiger partial charge in [-0.05, 0) is 82.0 Å². The van der Waals surface area contributed by atoms with Crippen LogP contribution in [0.2, 0.25) is 0 Å². The van der Waals surface area contributed by atoms with Crippen LogP contribution in [0.15, 0.2) is 47.6 Å². The number of halogens is 3. The average molecular weight is 533 g/mol. The molecule has 38 heavy (non-hydrogen) atoms. The first-order chi connectivity index (χ1) is 18.0. The molecule has 2 aromatic carbocycles. The second-order valence-electron chi connectivity index (χ2n) is 10.7. The molecule has 0 aromatic heterocycles. The first-order valence-electron chi connectivity index (χ1n) is 13.1. The summed E-state index contributed by atoms with van der Waals surface area (Å²) in [5, 5.41) is 5.63. The van der Waals surface area contributed by atoms with Gasteiger partial charge in [0.25, 0.3) is 5.91 Å². The number of piperazine rings is 1. The maximum absolute atomic E-state index is 13.3. The third-order valence-corrected chi connectivity index (χ3v) is 7.39. The average Bonchev–Trinajstić information content (AvgIpc) is 2.89. The lowest BCUT2D eigenvalue weighted by Gasteiger charge is -2.41. The summed E-state index contributed by atoms with van der Waals surface area (Å²) < 4.78 is 46.0. The minimum Gasteiger partial charge on any atom is -0.382 e. The summed E-state index contributed by atoms with van der Waals surface area (Å²) in [5.74, 6) is -0.0233. The molecule has 4 rings (SSSR count). The topological polar surface area (TPSA) is 74.2 Å². The lowest BCUT2D eigenvalue weighted by Crippen LogP contribution is -2.55. The molecule has 1 aliphatic heterocycles. The summed E-state index contributed by atoms with van der Waals surface area (Å²) in [6.45, 7) is 8.48. The van der Waals surface area contributed by atoms with Crippen molar-refractivity contribution in [2.75, 3.05) is 36.4 Å². The van der Waals surface area contributed by atoms with Gasteiger partial charge in [0, 0.05) is 43.6 Å². The molecule has 1 heterocycles. The van der Waals surface area contributed by atoms with Crippen LogP contribution in [-0.2, 0) is 15.7 Å². The van der Waals surface area contributed by atoms with Gasteiger partial charge in [-0.25, -0.2) is 0 Å². The highest BCUT2D eigenvalue weighted by molar-refractivity contribution is 5.84. The van der Waals surface area contributed by atoms with Crippen LogP contribution in [0.3, 0.4) is 0 Å². The maximum Gasteiger partial charge on any atom is 0.418 e. The van der Waals surface area contributed by atoms with Gasteiger partial charge in [-0.15, -0.1) is 4.91 Å². The highest BCUT2D eigenvalue weighted by Crippen LogP contribution is 2.38. The van der Waals surface area contributed by atoms with E-state index in [2.05, 4.69) is 46.6 Å². The number of amides is 1. The van der Waals surface area contributed by atoms with Gasteiger partial charge in [-0.3, -0.25) is 4.79 Å². The highest BCUT2D eigenvalue weighted by atomic mass is 19.4. The van der Waals surface area contributed by atoms with Crippen LogP contribution in [0.1, 0.15) is 50.7 Å². The molecule has 1 amide bonds. The van der Waals surface area contributed by atoms with Crippen molar-refractivity contribution in [1.82, 2.24) is 4.90 Å². The number of nitrogens with zero attached hydrogens (tertiary/aromatic N) is 3. The Hall–Kier alpha value is -3.14. The van der Waals surface area contributed by atoms with Gasteiger partial charge in [0.05, 0.1) is 11.7 Å². The smallest absolute Gasteiger partial charge is 0.382 e. The fourth-order valence-corrected chi connectivity index (χ4v) is 5.26. The Morgan fingerprint density at radius 2 is 1.61 bits per heavy atom. The van der Waals surface area contributed by atoms with E-state index >= 15 is 0 Å². The van der Waals surface area contributed by atoms with E-state index in [1.807, 2.05) is 18.7 Å². The van der Waals surface area contributed by atoms with Crippen molar-refractivity contribution in [1.29, 1.82) is 0 Å². The first kappa shape index (κ1) is 27.9. The molecule has 0 unspecified atom stereocenters. The number of hydrogen-bond donors (Lipinski definition) is 1. The Labute approximate surface area is 221 Å². The van der Waals surface area contributed by atoms with Crippen LogP contribution in [0.5, 0.6) is 0 Å². The summed E-state index contributed by atoms with van der Waals surface area (Å²) in [6, 6.07) is 11.8. The third kappa shape index (κ3) is 6.64. The van der Waals surface area contributed by atoms with E-state index in [4.69, 9.17) is 4.74 Å². The zero-order chi connectivity index (χ0) is 27.5. The summed E-state index contributed by atoms with van der Waals surface area (Å²) in [5.41, 5.74) is 0.0469. The Bertz CT molecular complexity index is 1120. The predicted molar refractivity (Wildman–Crippen MR) is 142 cm³/mol. The van der Waals surface area contributed by atoms with Gasteiger partial charge in [-0.1, -0.05) is 17.7 Å². The van der Waals surface area contributed by atoms with Crippen molar-refractivity contribution in [3.05, 3.63) is 58.5 Å². The molecule has 0 atom stereocenters. The highest BCUT2D eigenvalue weighted by Gasteiger charge is 2.38. The summed E-state index contributed by atoms with van der Waals surface area (Å²) in [7, 11) is 0. The van der Waals surface area contributed by atoms with Crippen molar-refractivity contribution in [3.63, 3.8) is 0 Å². The van der Waals surface area contributed by atoms with Crippen molar-refractivity contribution in [3.8, 4) is 0 Å². The van der Waals surface area contributed by atoms with Gasteiger partial charge in [0.2, 0.25) is 0 Å². The number of aryl methyl sites for hydroxylation is 1. The van der Waals surface area contributed by atoms with Gasteiger partial charge >= 0.3 is 6.18 Å². The normalized spacial score (nSPS) is 20.8. The van der Waals surface area contributed by atoms with E-state index in [1.165, 1.54) is 11.6 Å². The Kier molecular flexibility index (Phi) is 8.30. The van der Waals surface area contributed by atoms with Gasteiger partial charge in [0.15, 0.2) is 0 Å². The maximum atomic E-state index is 13.3. The molecule has 0 spiro atoms. The number of hydrogen-bond acceptors (Lipinski definition) is 6. The molecule has 0 radical (unpaired) electrons. The van der Waals surface area contributed by atoms with E-state index in [-0.39, 0.29) is 18.1 Å². The zero-order valence-electron chi connectivity index (χ0n) is 22.1. The van der Waals surface area contributed by atoms with Crippen molar-refractivity contribution >= 4 is 23.0 Å². The van der Waals surface area contributed by atoms with Crippen LogP contribution in [0, 0.1) is 11.8 Å². The molecule has 1 N–H and O–H groups in total. The first-order valence-corrected chi connectivity index (χ1v) is 13.1. The standard InChI is InChI=1S/C28H35F3N4O3/c1-19-4-9-22(10-5-19)34-14-16-35(17-15-34)26(36)27(2,3)38-23-11-6-20(7-12-23)32-21-8-13-25(33-37)24(18-21)28(29,30)31/h4-5,8-10,13,18,20,23,32H,6-7,11-12,14-17H2,1-3H3. The van der Waals surface area contributed by atoms with Crippen molar-refractivity contribution in [2.24, 2.45) is 5.18 Å². The SMILES string of the molecule is Cc1ccc(N2CCN(C(=O)C(C)(C)OC3CCC(Nc4ccc(N=O)c(C(F)(F)F)c4)CC3)CC2)cc1. The van der Waals surface area contributed by atoms with Crippen molar-refractivity contribution < 1.29 is 22.7 Å². The summed E-state index contributed by atoms with van der Waals surface area (Å²) >= 11 is 0. The fraction of sp³-hybridized carbons (Fsp3) is 0.536. The number of nitrogens with one attached hydrogen (secondary N) is 1. The molecule has 206 valence electrons. The van der Waals surface area contributed by atoms with Crippen LogP contribution in [0.25, 0.3) is 0 Å². The molecule has 2 aliphatic rings. The lowest BCUT2D eigenvalue weighted by atomic mass is 9.92. The number of carbonyl (C=O) groups is 1. The molecule has 2 fully saturated rings. The molecule has 1 saturated carbocycles. The zero-order valence-corrected chi connectivity index (χ0v) is 22.1. The molecule has 10 heteroatoms. The largest absolute Gasteiger partial charge is 0.418 e. The monoisotopic (exact) mass is 532 g/mol. The number of anilines is 2. The number of ether oxygens (including phenoxy) is 1. The lowest BCUT2D eigenvalue weighted by molar-refractivity contribution is -0.163. The van der Waals surface area contributed by atoms with Crippen LogP contribution in [0.4, 0.5) is 30.2 Å². The molecule has 2 aromatic rings.